The molecule has 0 aromatic rings. The third-order valence-electron chi connectivity index (χ3n) is 3.67. The van der Waals surface area contributed by atoms with E-state index in [1.54, 1.807) is 0 Å². The van der Waals surface area contributed by atoms with Gasteiger partial charge >= 0.3 is 0 Å². The minimum absolute atomic E-state index is 0.264. The lowest BCUT2D eigenvalue weighted by Gasteiger charge is -2.34. The van der Waals surface area contributed by atoms with Crippen molar-refractivity contribution in [3.05, 3.63) is 0 Å². The molecule has 1 aliphatic carbocycles. The van der Waals surface area contributed by atoms with E-state index in [0.717, 1.165) is 6.54 Å². The van der Waals surface area contributed by atoms with Gasteiger partial charge in [0.05, 0.1) is 5.75 Å². The number of hydrogen-bond acceptors (Lipinski definition) is 4. The summed E-state index contributed by atoms with van der Waals surface area (Å²) >= 11 is 0. The molecule has 0 saturated heterocycles. The fourth-order valence-corrected chi connectivity index (χ4v) is 3.26. The molecular formula is C12H26N2O2S. The van der Waals surface area contributed by atoms with Gasteiger partial charge in [0.15, 0.2) is 0 Å². The van der Waals surface area contributed by atoms with Gasteiger partial charge in [-0.3, -0.25) is 0 Å². The summed E-state index contributed by atoms with van der Waals surface area (Å²) in [7, 11) is 1.21. The van der Waals surface area contributed by atoms with Crippen LogP contribution < -0.4 is 5.32 Å². The van der Waals surface area contributed by atoms with Gasteiger partial charge < -0.3 is 10.2 Å². The molecule has 17 heavy (non-hydrogen) atoms. The monoisotopic (exact) mass is 262 g/mol. The topological polar surface area (TPSA) is 49.4 Å². The molecule has 1 aliphatic rings. The van der Waals surface area contributed by atoms with Crippen molar-refractivity contribution in [2.75, 3.05) is 39.2 Å². The number of nitrogens with zero attached hydrogens (tertiary/aromatic N) is 1. The van der Waals surface area contributed by atoms with Crippen molar-refractivity contribution in [1.29, 1.82) is 0 Å². The maximum atomic E-state index is 11.1. The summed E-state index contributed by atoms with van der Waals surface area (Å²) in [5.74, 6) is 0.929. The summed E-state index contributed by atoms with van der Waals surface area (Å²) in [6.45, 7) is 1.65. The van der Waals surface area contributed by atoms with Crippen molar-refractivity contribution in [3.63, 3.8) is 0 Å². The van der Waals surface area contributed by atoms with Gasteiger partial charge in [0.1, 0.15) is 9.84 Å². The summed E-state index contributed by atoms with van der Waals surface area (Å²) < 4.78 is 22.2. The molecule has 5 heteroatoms. The van der Waals surface area contributed by atoms with Crippen LogP contribution in [0.25, 0.3) is 0 Å². The number of hydrogen-bond donors (Lipinski definition) is 1. The van der Waals surface area contributed by atoms with Crippen molar-refractivity contribution in [1.82, 2.24) is 10.2 Å². The Morgan fingerprint density at radius 2 is 1.94 bits per heavy atom. The lowest BCUT2D eigenvalue weighted by atomic mass is 9.84. The highest BCUT2D eigenvalue weighted by Crippen LogP contribution is 2.24. The second kappa shape index (κ2) is 6.71. The van der Waals surface area contributed by atoms with Gasteiger partial charge in [0, 0.05) is 25.4 Å². The van der Waals surface area contributed by atoms with Gasteiger partial charge in [-0.15, -0.1) is 0 Å². The average Bonchev–Trinajstić information content (AvgIpc) is 2.26. The molecule has 0 aromatic heterocycles. The molecule has 0 bridgehead atoms. The Hall–Kier alpha value is -0.130. The van der Waals surface area contributed by atoms with Crippen molar-refractivity contribution in [2.24, 2.45) is 5.92 Å². The number of rotatable bonds is 6. The summed E-state index contributed by atoms with van der Waals surface area (Å²) in [6.07, 6.45) is 6.44. The number of nitrogens with one attached hydrogen (secondary N) is 1. The minimum atomic E-state index is -2.84. The second-order valence-electron chi connectivity index (χ2n) is 5.33. The molecule has 2 unspecified atom stereocenters. The molecule has 102 valence electrons. The molecule has 0 heterocycles. The van der Waals surface area contributed by atoms with Gasteiger partial charge in [0.25, 0.3) is 0 Å². The lowest BCUT2D eigenvalue weighted by molar-refractivity contribution is 0.200. The van der Waals surface area contributed by atoms with Crippen molar-refractivity contribution < 1.29 is 8.42 Å². The quantitative estimate of drug-likeness (QED) is 0.767. The molecule has 1 rings (SSSR count). The van der Waals surface area contributed by atoms with E-state index in [1.165, 1.54) is 31.9 Å². The highest BCUT2D eigenvalue weighted by Gasteiger charge is 2.24. The summed E-state index contributed by atoms with van der Waals surface area (Å²) in [5, 5.41) is 3.39. The normalized spacial score (nSPS) is 26.4. The predicted octanol–water partition coefficient (Wildman–Crippen LogP) is 0.741. The maximum absolute atomic E-state index is 11.1. The van der Waals surface area contributed by atoms with Crippen LogP contribution in [0.5, 0.6) is 0 Å². The zero-order valence-corrected chi connectivity index (χ0v) is 12.1. The van der Waals surface area contributed by atoms with Crippen LogP contribution in [0.1, 0.15) is 25.7 Å². The van der Waals surface area contributed by atoms with Gasteiger partial charge in [0.2, 0.25) is 0 Å². The Bertz CT molecular complexity index is 316. The molecule has 1 N–H and O–H groups in total. The van der Waals surface area contributed by atoms with Crippen LogP contribution in [0.4, 0.5) is 0 Å². The Labute approximate surface area is 106 Å². The Morgan fingerprint density at radius 1 is 1.29 bits per heavy atom. The second-order valence-corrected chi connectivity index (χ2v) is 7.59. The van der Waals surface area contributed by atoms with Crippen LogP contribution in [-0.4, -0.2) is 58.6 Å². The van der Waals surface area contributed by atoms with Crippen LogP contribution in [0.3, 0.4) is 0 Å². The third-order valence-corrected chi connectivity index (χ3v) is 4.59. The molecule has 2 atom stereocenters. The Morgan fingerprint density at radius 3 is 2.53 bits per heavy atom. The van der Waals surface area contributed by atoms with E-state index in [4.69, 9.17) is 0 Å². The minimum Gasteiger partial charge on any atom is -0.317 e. The lowest BCUT2D eigenvalue weighted by Crippen LogP contribution is -2.42. The molecule has 0 amide bonds. The smallest absolute Gasteiger partial charge is 0.148 e. The van der Waals surface area contributed by atoms with E-state index in [9.17, 15) is 8.42 Å². The molecule has 0 aliphatic heterocycles. The first kappa shape index (κ1) is 14.9. The molecule has 1 fully saturated rings. The SMILES string of the molecule is CNC1CCCCC1CN(C)CCS(C)(=O)=O. The summed E-state index contributed by atoms with van der Waals surface area (Å²) in [4.78, 5) is 2.15. The first-order valence-corrected chi connectivity index (χ1v) is 8.52. The van der Waals surface area contributed by atoms with E-state index < -0.39 is 9.84 Å². The fourth-order valence-electron chi connectivity index (χ4n) is 2.62. The van der Waals surface area contributed by atoms with E-state index in [-0.39, 0.29) is 5.75 Å². The van der Waals surface area contributed by atoms with Crippen LogP contribution >= 0.6 is 0 Å². The third kappa shape index (κ3) is 5.84. The molecule has 0 aromatic carbocycles. The van der Waals surface area contributed by atoms with Crippen LogP contribution in [0, 0.1) is 5.92 Å². The van der Waals surface area contributed by atoms with Crippen LogP contribution in [0.2, 0.25) is 0 Å². The standard InChI is InChI=1S/C12H26N2O2S/c1-13-12-7-5-4-6-11(12)10-14(2)8-9-17(3,15)16/h11-13H,4-10H2,1-3H3. The van der Waals surface area contributed by atoms with E-state index in [2.05, 4.69) is 10.2 Å². The molecule has 4 nitrogen and oxygen atoms in total. The average molecular weight is 262 g/mol. The zero-order chi connectivity index (χ0) is 12.9. The fraction of sp³-hybridized carbons (Fsp3) is 1.00. The summed E-state index contributed by atoms with van der Waals surface area (Å²) in [6, 6.07) is 0.601. The first-order chi connectivity index (χ1) is 7.92. The zero-order valence-electron chi connectivity index (χ0n) is 11.3. The number of sulfone groups is 1. The van der Waals surface area contributed by atoms with E-state index in [0.29, 0.717) is 18.5 Å². The van der Waals surface area contributed by atoms with Gasteiger partial charge in [-0.05, 0) is 32.9 Å². The largest absolute Gasteiger partial charge is 0.317 e. The molecule has 0 spiro atoms. The van der Waals surface area contributed by atoms with Crippen molar-refractivity contribution >= 4 is 9.84 Å². The summed E-state index contributed by atoms with van der Waals surface area (Å²) in [5.41, 5.74) is 0. The van der Waals surface area contributed by atoms with Crippen LogP contribution in [-0.2, 0) is 9.84 Å². The predicted molar refractivity (Wildman–Crippen MR) is 72.0 cm³/mol. The molecule has 1 saturated carbocycles. The van der Waals surface area contributed by atoms with Crippen LogP contribution in [0.15, 0.2) is 0 Å². The highest BCUT2D eigenvalue weighted by atomic mass is 32.2. The van der Waals surface area contributed by atoms with Gasteiger partial charge in [-0.2, -0.15) is 0 Å². The van der Waals surface area contributed by atoms with E-state index >= 15 is 0 Å². The van der Waals surface area contributed by atoms with Gasteiger partial charge in [-0.1, -0.05) is 12.8 Å². The highest BCUT2D eigenvalue weighted by molar-refractivity contribution is 7.90. The first-order valence-electron chi connectivity index (χ1n) is 6.46. The van der Waals surface area contributed by atoms with E-state index in [1.807, 2.05) is 14.1 Å². The van der Waals surface area contributed by atoms with Crippen molar-refractivity contribution in [2.45, 2.75) is 31.7 Å². The Kier molecular flexibility index (Phi) is 5.89. The molecular weight excluding hydrogens is 236 g/mol. The van der Waals surface area contributed by atoms with Gasteiger partial charge in [-0.25, -0.2) is 8.42 Å². The maximum Gasteiger partial charge on any atom is 0.148 e. The molecule has 0 radical (unpaired) electrons. The van der Waals surface area contributed by atoms with Crippen molar-refractivity contribution in [3.8, 4) is 0 Å². The Balaban J connectivity index is 2.35.